The van der Waals surface area contributed by atoms with Crippen LogP contribution in [0.25, 0.3) is 0 Å². The lowest BCUT2D eigenvalue weighted by molar-refractivity contribution is 0.0429. The summed E-state index contributed by atoms with van der Waals surface area (Å²) in [7, 11) is 1.76. The molecular weight excluding hydrogens is 230 g/mol. The summed E-state index contributed by atoms with van der Waals surface area (Å²) >= 11 is 0. The average molecular weight is 249 g/mol. The first-order valence-electron chi connectivity index (χ1n) is 6.22. The Kier molecular flexibility index (Phi) is 3.81. The van der Waals surface area contributed by atoms with Gasteiger partial charge in [0.25, 0.3) is 5.91 Å². The van der Waals surface area contributed by atoms with Gasteiger partial charge >= 0.3 is 0 Å². The van der Waals surface area contributed by atoms with E-state index in [1.165, 1.54) is 0 Å². The van der Waals surface area contributed by atoms with Crippen LogP contribution in [0.4, 0.5) is 5.69 Å². The minimum absolute atomic E-state index is 0.0947. The van der Waals surface area contributed by atoms with Crippen LogP contribution in [0.3, 0.4) is 0 Å². The maximum atomic E-state index is 12.1. The summed E-state index contributed by atoms with van der Waals surface area (Å²) in [6.07, 6.45) is 6.33. The number of amides is 1. The van der Waals surface area contributed by atoms with E-state index >= 15 is 0 Å². The third-order valence-electron chi connectivity index (χ3n) is 3.71. The first-order chi connectivity index (χ1) is 8.71. The molecule has 1 saturated carbocycles. The minimum Gasteiger partial charge on any atom is -0.396 e. The van der Waals surface area contributed by atoms with Crippen LogP contribution in [-0.2, 0) is 0 Å². The molecule has 0 bridgehead atoms. The zero-order valence-corrected chi connectivity index (χ0v) is 10.6. The van der Waals surface area contributed by atoms with Crippen LogP contribution in [-0.4, -0.2) is 36.2 Å². The van der Waals surface area contributed by atoms with Crippen molar-refractivity contribution in [1.82, 2.24) is 10.3 Å². The molecule has 0 saturated heterocycles. The Bertz CT molecular complexity index is 424. The highest BCUT2D eigenvalue weighted by Crippen LogP contribution is 2.39. The van der Waals surface area contributed by atoms with Crippen molar-refractivity contribution in [3.8, 4) is 0 Å². The highest BCUT2D eigenvalue weighted by molar-refractivity contribution is 5.99. The van der Waals surface area contributed by atoms with E-state index in [4.69, 9.17) is 0 Å². The largest absolute Gasteiger partial charge is 0.396 e. The van der Waals surface area contributed by atoms with Gasteiger partial charge in [0, 0.05) is 25.2 Å². The zero-order chi connectivity index (χ0) is 13.0. The molecule has 1 amide bonds. The first kappa shape index (κ1) is 12.8. The smallest absolute Gasteiger partial charge is 0.253 e. The molecule has 2 rings (SSSR count). The molecular formula is C13H19N3O2. The quantitative estimate of drug-likeness (QED) is 0.728. The minimum atomic E-state index is -0.124. The number of hydrogen-bond donors (Lipinski definition) is 3. The van der Waals surface area contributed by atoms with E-state index in [0.29, 0.717) is 17.8 Å². The van der Waals surface area contributed by atoms with Crippen LogP contribution in [0.2, 0.25) is 0 Å². The van der Waals surface area contributed by atoms with Crippen LogP contribution >= 0.6 is 0 Å². The molecule has 1 heterocycles. The second kappa shape index (κ2) is 5.35. The van der Waals surface area contributed by atoms with Gasteiger partial charge in [-0.3, -0.25) is 9.78 Å². The summed E-state index contributed by atoms with van der Waals surface area (Å²) in [6.45, 7) is 0.677. The fourth-order valence-electron chi connectivity index (χ4n) is 2.22. The predicted octanol–water partition coefficient (Wildman–Crippen LogP) is 1.02. The van der Waals surface area contributed by atoms with Gasteiger partial charge in [-0.25, -0.2) is 0 Å². The fraction of sp³-hybridized carbons (Fsp3) is 0.538. The highest BCUT2D eigenvalue weighted by atomic mass is 16.3. The third kappa shape index (κ3) is 2.46. The summed E-state index contributed by atoms with van der Waals surface area (Å²) in [4.78, 5) is 16.0. The van der Waals surface area contributed by atoms with Crippen molar-refractivity contribution in [2.45, 2.75) is 19.3 Å². The van der Waals surface area contributed by atoms with Crippen LogP contribution in [0.1, 0.15) is 29.6 Å². The molecule has 0 aromatic carbocycles. The number of aliphatic hydroxyl groups is 1. The molecule has 0 spiro atoms. The molecule has 3 N–H and O–H groups in total. The Labute approximate surface area is 107 Å². The predicted molar refractivity (Wildman–Crippen MR) is 69.5 cm³/mol. The van der Waals surface area contributed by atoms with Gasteiger partial charge in [-0.15, -0.1) is 0 Å². The molecule has 1 aromatic heterocycles. The molecule has 1 aliphatic carbocycles. The second-order valence-electron chi connectivity index (χ2n) is 4.87. The number of carbonyl (C=O) groups excluding carboxylic acids is 1. The molecule has 5 nitrogen and oxygen atoms in total. The van der Waals surface area contributed by atoms with Crippen LogP contribution < -0.4 is 10.6 Å². The number of hydrogen-bond acceptors (Lipinski definition) is 4. The SMILES string of the molecule is CNc1cnccc1C(=O)NCC1(CO)CCC1. The van der Waals surface area contributed by atoms with E-state index in [2.05, 4.69) is 15.6 Å². The van der Waals surface area contributed by atoms with Crippen molar-refractivity contribution in [3.05, 3.63) is 24.0 Å². The van der Waals surface area contributed by atoms with Crippen LogP contribution in [0.5, 0.6) is 0 Å². The number of nitrogens with zero attached hydrogens (tertiary/aromatic N) is 1. The normalized spacial score (nSPS) is 16.8. The first-order valence-corrected chi connectivity index (χ1v) is 6.22. The van der Waals surface area contributed by atoms with Crippen LogP contribution in [0.15, 0.2) is 18.5 Å². The number of nitrogens with one attached hydrogen (secondary N) is 2. The van der Waals surface area contributed by atoms with Gasteiger partial charge in [-0.1, -0.05) is 6.42 Å². The number of aromatic nitrogens is 1. The topological polar surface area (TPSA) is 74.2 Å². The number of rotatable bonds is 5. The molecule has 0 radical (unpaired) electrons. The van der Waals surface area contributed by atoms with E-state index in [1.807, 2.05) is 0 Å². The summed E-state index contributed by atoms with van der Waals surface area (Å²) < 4.78 is 0. The lowest BCUT2D eigenvalue weighted by Crippen LogP contribution is -2.44. The van der Waals surface area contributed by atoms with Crippen molar-refractivity contribution < 1.29 is 9.90 Å². The highest BCUT2D eigenvalue weighted by Gasteiger charge is 2.36. The molecule has 1 aliphatic rings. The van der Waals surface area contributed by atoms with E-state index in [1.54, 1.807) is 25.5 Å². The Morgan fingerprint density at radius 1 is 1.56 bits per heavy atom. The lowest BCUT2D eigenvalue weighted by atomic mass is 9.69. The number of pyridine rings is 1. The van der Waals surface area contributed by atoms with E-state index in [-0.39, 0.29) is 17.9 Å². The van der Waals surface area contributed by atoms with E-state index in [9.17, 15) is 9.90 Å². The molecule has 18 heavy (non-hydrogen) atoms. The molecule has 1 fully saturated rings. The standard InChI is InChI=1S/C13H19N3O2/c1-14-11-7-15-6-3-10(11)12(18)16-8-13(9-17)4-2-5-13/h3,6-7,14,17H,2,4-5,8-9H2,1H3,(H,16,18). The maximum absolute atomic E-state index is 12.1. The summed E-state index contributed by atoms with van der Waals surface area (Å²) in [5, 5.41) is 15.2. The van der Waals surface area contributed by atoms with Gasteiger partial charge in [0.2, 0.25) is 0 Å². The van der Waals surface area contributed by atoms with Gasteiger partial charge in [-0.2, -0.15) is 0 Å². The monoisotopic (exact) mass is 249 g/mol. The molecule has 0 atom stereocenters. The van der Waals surface area contributed by atoms with Crippen molar-refractivity contribution >= 4 is 11.6 Å². The van der Waals surface area contributed by atoms with E-state index in [0.717, 1.165) is 19.3 Å². The van der Waals surface area contributed by atoms with Gasteiger partial charge in [0.05, 0.1) is 24.1 Å². The number of anilines is 1. The number of aliphatic hydroxyl groups excluding tert-OH is 1. The Morgan fingerprint density at radius 2 is 2.33 bits per heavy atom. The van der Waals surface area contributed by atoms with Crippen LogP contribution in [0, 0.1) is 5.41 Å². The fourth-order valence-corrected chi connectivity index (χ4v) is 2.22. The molecule has 1 aromatic rings. The number of carbonyl (C=O) groups is 1. The summed E-state index contributed by atoms with van der Waals surface area (Å²) in [6, 6.07) is 1.69. The third-order valence-corrected chi connectivity index (χ3v) is 3.71. The Balaban J connectivity index is 1.99. The van der Waals surface area contributed by atoms with Gasteiger partial charge < -0.3 is 15.7 Å². The summed E-state index contributed by atoms with van der Waals surface area (Å²) in [5.74, 6) is -0.124. The van der Waals surface area contributed by atoms with Gasteiger partial charge in [-0.05, 0) is 18.9 Å². The van der Waals surface area contributed by atoms with E-state index < -0.39 is 0 Å². The van der Waals surface area contributed by atoms with Crippen molar-refractivity contribution in [2.75, 3.05) is 25.5 Å². The second-order valence-corrected chi connectivity index (χ2v) is 4.87. The van der Waals surface area contributed by atoms with Gasteiger partial charge in [0.1, 0.15) is 0 Å². The van der Waals surface area contributed by atoms with Gasteiger partial charge in [0.15, 0.2) is 0 Å². The lowest BCUT2D eigenvalue weighted by Gasteiger charge is -2.40. The molecule has 98 valence electrons. The molecule has 0 unspecified atom stereocenters. The zero-order valence-electron chi connectivity index (χ0n) is 10.6. The Hall–Kier alpha value is -1.62. The summed E-state index contributed by atoms with van der Waals surface area (Å²) in [5.41, 5.74) is 1.20. The van der Waals surface area contributed by atoms with Crippen molar-refractivity contribution in [3.63, 3.8) is 0 Å². The van der Waals surface area contributed by atoms with Crippen molar-refractivity contribution in [2.24, 2.45) is 5.41 Å². The van der Waals surface area contributed by atoms with Crippen molar-refractivity contribution in [1.29, 1.82) is 0 Å². The molecule has 5 heteroatoms. The molecule has 0 aliphatic heterocycles. The average Bonchev–Trinajstić information content (AvgIpc) is 2.37. The Morgan fingerprint density at radius 3 is 2.89 bits per heavy atom. The maximum Gasteiger partial charge on any atom is 0.253 e.